The lowest BCUT2D eigenvalue weighted by Gasteiger charge is -2.05. The van der Waals surface area contributed by atoms with Crippen LogP contribution in [0.5, 0.6) is 0 Å². The van der Waals surface area contributed by atoms with E-state index in [0.717, 1.165) is 6.29 Å². The lowest BCUT2D eigenvalue weighted by atomic mass is 9.99. The highest BCUT2D eigenvalue weighted by molar-refractivity contribution is 5.61. The minimum absolute atomic E-state index is 0.542. The van der Waals surface area contributed by atoms with E-state index in [4.69, 9.17) is 0 Å². The number of aldehydes is 1. The van der Waals surface area contributed by atoms with E-state index in [9.17, 15) is 4.79 Å². The summed E-state index contributed by atoms with van der Waals surface area (Å²) >= 11 is 0. The zero-order chi connectivity index (χ0) is 9.30. The second-order valence-corrected chi connectivity index (χ2v) is 3.56. The molecule has 1 aliphatic rings. The number of carbonyl (C=O) groups excluding carboxylic acids is 1. The smallest absolute Gasteiger partial charge is 0.124 e. The number of carbonyl (C=O) groups is 1. The molecule has 1 heteroatoms. The van der Waals surface area contributed by atoms with Gasteiger partial charge < -0.3 is 4.79 Å². The molecule has 0 amide bonds. The third-order valence-corrected chi connectivity index (χ3v) is 3.11. The molecule has 12 heavy (non-hydrogen) atoms. The molecule has 1 rings (SSSR count). The standard InChI is InChI=1S/C11H16O/c1-7-8(2)10(4)11(5-6-12)9(7)3/h6-7H,5H2,1-4H3. The molecule has 1 aliphatic carbocycles. The van der Waals surface area contributed by atoms with Crippen LogP contribution in [0, 0.1) is 5.92 Å². The van der Waals surface area contributed by atoms with E-state index in [1.165, 1.54) is 22.3 Å². The summed E-state index contributed by atoms with van der Waals surface area (Å²) < 4.78 is 0. The van der Waals surface area contributed by atoms with Gasteiger partial charge in [0.2, 0.25) is 0 Å². The average molecular weight is 164 g/mol. The summed E-state index contributed by atoms with van der Waals surface area (Å²) in [7, 11) is 0. The fourth-order valence-corrected chi connectivity index (χ4v) is 1.84. The Labute approximate surface area is 74.2 Å². The van der Waals surface area contributed by atoms with Gasteiger partial charge in [-0.3, -0.25) is 0 Å². The van der Waals surface area contributed by atoms with E-state index >= 15 is 0 Å². The van der Waals surface area contributed by atoms with Gasteiger partial charge >= 0.3 is 0 Å². The molecule has 0 saturated heterocycles. The van der Waals surface area contributed by atoms with Gasteiger partial charge in [-0.15, -0.1) is 0 Å². The molecule has 66 valence electrons. The lowest BCUT2D eigenvalue weighted by molar-refractivity contribution is -0.107. The molecule has 0 spiro atoms. The molecule has 1 atom stereocenters. The van der Waals surface area contributed by atoms with Gasteiger partial charge in [0.05, 0.1) is 0 Å². The third-order valence-electron chi connectivity index (χ3n) is 3.11. The highest BCUT2D eigenvalue weighted by Crippen LogP contribution is 2.37. The maximum Gasteiger partial charge on any atom is 0.124 e. The normalized spacial score (nSPS) is 23.8. The highest BCUT2D eigenvalue weighted by atomic mass is 16.1. The molecule has 0 aliphatic heterocycles. The number of allylic oxidation sites excluding steroid dienone is 4. The maximum absolute atomic E-state index is 10.4. The lowest BCUT2D eigenvalue weighted by Crippen LogP contribution is -1.93. The van der Waals surface area contributed by atoms with Crippen LogP contribution in [0.1, 0.15) is 34.1 Å². The number of rotatable bonds is 2. The van der Waals surface area contributed by atoms with Crippen molar-refractivity contribution in [2.24, 2.45) is 5.92 Å². The molecular formula is C11H16O. The van der Waals surface area contributed by atoms with Crippen LogP contribution >= 0.6 is 0 Å². The summed E-state index contributed by atoms with van der Waals surface area (Å²) in [5.41, 5.74) is 5.38. The number of hydrogen-bond acceptors (Lipinski definition) is 1. The Morgan fingerprint density at radius 3 is 2.17 bits per heavy atom. The monoisotopic (exact) mass is 164 g/mol. The van der Waals surface area contributed by atoms with Gasteiger partial charge in [0.25, 0.3) is 0 Å². The molecule has 0 saturated carbocycles. The van der Waals surface area contributed by atoms with E-state index in [0.29, 0.717) is 12.3 Å². The quantitative estimate of drug-likeness (QED) is 0.573. The van der Waals surface area contributed by atoms with Gasteiger partial charge in [0, 0.05) is 6.42 Å². The highest BCUT2D eigenvalue weighted by Gasteiger charge is 2.21. The minimum Gasteiger partial charge on any atom is -0.303 e. The van der Waals surface area contributed by atoms with Crippen LogP contribution in [-0.4, -0.2) is 6.29 Å². The Bertz CT molecular complexity index is 269. The topological polar surface area (TPSA) is 17.1 Å². The van der Waals surface area contributed by atoms with Gasteiger partial charge in [-0.2, -0.15) is 0 Å². The summed E-state index contributed by atoms with van der Waals surface area (Å²) in [5, 5.41) is 0. The van der Waals surface area contributed by atoms with Crippen molar-refractivity contribution in [1.29, 1.82) is 0 Å². The first-order valence-corrected chi connectivity index (χ1v) is 4.40. The average Bonchev–Trinajstić information content (AvgIpc) is 2.23. The summed E-state index contributed by atoms with van der Waals surface area (Å²) in [4.78, 5) is 10.4. The molecule has 0 radical (unpaired) electrons. The minimum atomic E-state index is 0.542. The fourth-order valence-electron chi connectivity index (χ4n) is 1.84. The Hall–Kier alpha value is -0.850. The van der Waals surface area contributed by atoms with Crippen molar-refractivity contribution in [1.82, 2.24) is 0 Å². The van der Waals surface area contributed by atoms with E-state index in [1.807, 2.05) is 0 Å². The third kappa shape index (κ3) is 1.24. The van der Waals surface area contributed by atoms with Gasteiger partial charge in [-0.25, -0.2) is 0 Å². The zero-order valence-electron chi connectivity index (χ0n) is 8.27. The van der Waals surface area contributed by atoms with Crippen molar-refractivity contribution in [3.63, 3.8) is 0 Å². The van der Waals surface area contributed by atoms with E-state index in [1.54, 1.807) is 0 Å². The SMILES string of the molecule is CC1=C(C)C(C)C(C)=C1CC=O. The maximum atomic E-state index is 10.4. The molecule has 0 aromatic carbocycles. The largest absolute Gasteiger partial charge is 0.303 e. The zero-order valence-corrected chi connectivity index (χ0v) is 8.27. The summed E-state index contributed by atoms with van der Waals surface area (Å²) in [5.74, 6) is 0.542. The van der Waals surface area contributed by atoms with E-state index < -0.39 is 0 Å². The molecule has 1 nitrogen and oxygen atoms in total. The van der Waals surface area contributed by atoms with E-state index in [-0.39, 0.29) is 0 Å². The first-order chi connectivity index (χ1) is 5.59. The molecule has 0 N–H and O–H groups in total. The van der Waals surface area contributed by atoms with Crippen LogP contribution < -0.4 is 0 Å². The second-order valence-electron chi connectivity index (χ2n) is 3.56. The predicted molar refractivity (Wildman–Crippen MR) is 50.9 cm³/mol. The van der Waals surface area contributed by atoms with Crippen molar-refractivity contribution >= 4 is 6.29 Å². The predicted octanol–water partition coefficient (Wildman–Crippen LogP) is 2.88. The Morgan fingerprint density at radius 1 is 1.25 bits per heavy atom. The summed E-state index contributed by atoms with van der Waals surface area (Å²) in [6, 6.07) is 0. The molecule has 0 bridgehead atoms. The van der Waals surface area contributed by atoms with Crippen LogP contribution in [0.25, 0.3) is 0 Å². The van der Waals surface area contributed by atoms with Crippen molar-refractivity contribution in [3.8, 4) is 0 Å². The van der Waals surface area contributed by atoms with E-state index in [2.05, 4.69) is 27.7 Å². The van der Waals surface area contributed by atoms with Crippen LogP contribution in [0.4, 0.5) is 0 Å². The Kier molecular flexibility index (Phi) is 2.51. The first kappa shape index (κ1) is 9.24. The van der Waals surface area contributed by atoms with Gasteiger partial charge in [0.1, 0.15) is 6.29 Å². The van der Waals surface area contributed by atoms with Gasteiger partial charge in [-0.05, 0) is 37.8 Å². The van der Waals surface area contributed by atoms with Crippen LogP contribution in [0.3, 0.4) is 0 Å². The van der Waals surface area contributed by atoms with Crippen LogP contribution in [0.2, 0.25) is 0 Å². The van der Waals surface area contributed by atoms with Crippen LogP contribution in [0.15, 0.2) is 22.3 Å². The van der Waals surface area contributed by atoms with Crippen molar-refractivity contribution in [3.05, 3.63) is 22.3 Å². The van der Waals surface area contributed by atoms with Crippen molar-refractivity contribution in [2.75, 3.05) is 0 Å². The van der Waals surface area contributed by atoms with Crippen molar-refractivity contribution < 1.29 is 4.79 Å². The second kappa shape index (κ2) is 3.26. The van der Waals surface area contributed by atoms with Crippen molar-refractivity contribution in [2.45, 2.75) is 34.1 Å². The molecule has 0 fully saturated rings. The Balaban J connectivity index is 3.03. The number of hydrogen-bond donors (Lipinski definition) is 0. The first-order valence-electron chi connectivity index (χ1n) is 4.40. The summed E-state index contributed by atoms with van der Waals surface area (Å²) in [6.07, 6.45) is 1.58. The van der Waals surface area contributed by atoms with Gasteiger partial charge in [0.15, 0.2) is 0 Å². The molecule has 0 heterocycles. The molecular weight excluding hydrogens is 148 g/mol. The summed E-state index contributed by atoms with van der Waals surface area (Å²) in [6.45, 7) is 8.60. The van der Waals surface area contributed by atoms with Gasteiger partial charge in [-0.1, -0.05) is 18.1 Å². The van der Waals surface area contributed by atoms with Crippen LogP contribution in [-0.2, 0) is 4.79 Å². The fraction of sp³-hybridized carbons (Fsp3) is 0.545. The Morgan fingerprint density at radius 2 is 1.83 bits per heavy atom. The molecule has 1 unspecified atom stereocenters. The molecule has 0 aromatic heterocycles. The molecule has 0 aromatic rings.